The summed E-state index contributed by atoms with van der Waals surface area (Å²) in [6.45, 7) is 0. The Morgan fingerprint density at radius 2 is 1.96 bits per heavy atom. The number of amides is 1. The average Bonchev–Trinajstić information content (AvgIpc) is 2.44. The number of benzene rings is 1. The summed E-state index contributed by atoms with van der Waals surface area (Å²) in [5.74, 6) is -2.90. The number of rotatable bonds is 7. The lowest BCUT2D eigenvalue weighted by molar-refractivity contribution is -0.139. The SMILES string of the molecule is NC(=S)CCC(NC(=O)Oc1ccc(N)cc1C(=O)O)C(=O)O. The van der Waals surface area contributed by atoms with E-state index in [-0.39, 0.29) is 34.8 Å². The zero-order chi connectivity index (χ0) is 17.6. The maximum absolute atomic E-state index is 11.7. The fourth-order valence-electron chi connectivity index (χ4n) is 1.62. The van der Waals surface area contributed by atoms with Gasteiger partial charge in [-0.1, -0.05) is 12.2 Å². The first-order valence-corrected chi connectivity index (χ1v) is 6.73. The van der Waals surface area contributed by atoms with Crippen molar-refractivity contribution >= 4 is 40.9 Å². The summed E-state index contributed by atoms with van der Waals surface area (Å²) in [6.07, 6.45) is -1.02. The Labute approximate surface area is 136 Å². The molecule has 0 aromatic heterocycles. The molecule has 9 nitrogen and oxygen atoms in total. The molecule has 0 aliphatic carbocycles. The fourth-order valence-corrected chi connectivity index (χ4v) is 1.74. The molecule has 0 aliphatic rings. The predicted molar refractivity (Wildman–Crippen MR) is 84.4 cm³/mol. The molecule has 1 amide bonds. The highest BCUT2D eigenvalue weighted by Crippen LogP contribution is 2.21. The Hall–Kier alpha value is -2.88. The third kappa shape index (κ3) is 5.79. The number of carbonyl (C=O) groups excluding carboxylic acids is 1. The van der Waals surface area contributed by atoms with Crippen LogP contribution in [0.25, 0.3) is 0 Å². The van der Waals surface area contributed by atoms with E-state index in [0.717, 1.165) is 6.07 Å². The Kier molecular flexibility index (Phi) is 6.27. The first-order chi connectivity index (χ1) is 10.7. The minimum absolute atomic E-state index is 0.0205. The van der Waals surface area contributed by atoms with E-state index in [0.29, 0.717) is 0 Å². The van der Waals surface area contributed by atoms with Crippen molar-refractivity contribution < 1.29 is 29.3 Å². The molecule has 1 aromatic carbocycles. The van der Waals surface area contributed by atoms with Crippen LogP contribution >= 0.6 is 12.2 Å². The highest BCUT2D eigenvalue weighted by molar-refractivity contribution is 7.80. The lowest BCUT2D eigenvalue weighted by Gasteiger charge is -2.15. The van der Waals surface area contributed by atoms with Gasteiger partial charge in [-0.3, -0.25) is 0 Å². The molecule has 0 saturated heterocycles. The number of aromatic carboxylic acids is 1. The van der Waals surface area contributed by atoms with Crippen LogP contribution in [0.5, 0.6) is 5.75 Å². The largest absolute Gasteiger partial charge is 0.480 e. The summed E-state index contributed by atoms with van der Waals surface area (Å²) in [5, 5.41) is 20.1. The molecule has 23 heavy (non-hydrogen) atoms. The number of carboxylic acid groups (broad SMARTS) is 2. The number of carboxylic acids is 2. The van der Waals surface area contributed by atoms with Gasteiger partial charge in [-0.05, 0) is 24.6 Å². The summed E-state index contributed by atoms with van der Waals surface area (Å²) in [5.41, 5.74) is 10.6. The van der Waals surface area contributed by atoms with Gasteiger partial charge in [0.2, 0.25) is 0 Å². The maximum Gasteiger partial charge on any atom is 0.413 e. The average molecular weight is 341 g/mol. The van der Waals surface area contributed by atoms with Crippen LogP contribution in [0.3, 0.4) is 0 Å². The predicted octanol–water partition coefficient (Wildman–Crippen LogP) is 0.575. The molecule has 0 saturated carbocycles. The third-order valence-corrected chi connectivity index (χ3v) is 2.91. The van der Waals surface area contributed by atoms with Gasteiger partial charge >= 0.3 is 18.0 Å². The van der Waals surface area contributed by atoms with Crippen molar-refractivity contribution in [3.8, 4) is 5.75 Å². The van der Waals surface area contributed by atoms with Gasteiger partial charge in [0.25, 0.3) is 0 Å². The van der Waals surface area contributed by atoms with Crippen molar-refractivity contribution in [2.45, 2.75) is 18.9 Å². The molecule has 0 heterocycles. The smallest absolute Gasteiger partial charge is 0.413 e. The zero-order valence-corrected chi connectivity index (χ0v) is 12.6. The molecule has 124 valence electrons. The van der Waals surface area contributed by atoms with Crippen molar-refractivity contribution in [1.82, 2.24) is 5.32 Å². The van der Waals surface area contributed by atoms with Crippen LogP contribution in [-0.4, -0.2) is 39.3 Å². The number of carbonyl (C=O) groups is 3. The van der Waals surface area contributed by atoms with E-state index in [4.69, 9.17) is 26.4 Å². The normalized spacial score (nSPS) is 11.3. The molecule has 1 unspecified atom stereocenters. The minimum Gasteiger partial charge on any atom is -0.480 e. The van der Waals surface area contributed by atoms with Crippen LogP contribution in [0, 0.1) is 0 Å². The summed E-state index contributed by atoms with van der Waals surface area (Å²) in [6, 6.07) is 2.39. The number of hydrogen-bond donors (Lipinski definition) is 5. The highest BCUT2D eigenvalue weighted by atomic mass is 32.1. The lowest BCUT2D eigenvalue weighted by atomic mass is 10.1. The lowest BCUT2D eigenvalue weighted by Crippen LogP contribution is -2.42. The molecule has 0 bridgehead atoms. The summed E-state index contributed by atoms with van der Waals surface area (Å²) < 4.78 is 4.84. The van der Waals surface area contributed by atoms with E-state index in [2.05, 4.69) is 17.5 Å². The van der Waals surface area contributed by atoms with Gasteiger partial charge in [-0.2, -0.15) is 0 Å². The van der Waals surface area contributed by atoms with Crippen molar-refractivity contribution in [2.75, 3.05) is 5.73 Å². The fraction of sp³-hybridized carbons (Fsp3) is 0.231. The molecule has 1 rings (SSSR count). The topological polar surface area (TPSA) is 165 Å². The molecule has 1 atom stereocenters. The number of hydrogen-bond acceptors (Lipinski definition) is 6. The first kappa shape index (κ1) is 18.2. The summed E-state index contributed by atoms with van der Waals surface area (Å²) in [7, 11) is 0. The van der Waals surface area contributed by atoms with Crippen molar-refractivity contribution in [3.05, 3.63) is 23.8 Å². The minimum atomic E-state index is -1.34. The van der Waals surface area contributed by atoms with Crippen molar-refractivity contribution in [2.24, 2.45) is 5.73 Å². The van der Waals surface area contributed by atoms with Crippen LogP contribution in [0.15, 0.2) is 18.2 Å². The zero-order valence-electron chi connectivity index (χ0n) is 11.8. The number of anilines is 1. The quantitative estimate of drug-likeness (QED) is 0.352. The second-order valence-electron chi connectivity index (χ2n) is 4.49. The second kappa shape index (κ2) is 7.94. The monoisotopic (exact) mass is 341 g/mol. The standard InChI is InChI=1S/C13H15N3O6S/c14-6-1-3-9(7(5-6)11(17)18)22-13(21)16-8(12(19)20)2-4-10(15)23/h1,3,5,8H,2,4,14H2,(H2,15,23)(H,16,21)(H,17,18)(H,19,20). The molecule has 0 aliphatic heterocycles. The first-order valence-electron chi connectivity index (χ1n) is 6.33. The van der Waals surface area contributed by atoms with Crippen LogP contribution in [0.1, 0.15) is 23.2 Å². The number of nitrogens with one attached hydrogen (secondary N) is 1. The van der Waals surface area contributed by atoms with E-state index in [1.807, 2.05) is 0 Å². The van der Waals surface area contributed by atoms with E-state index in [1.54, 1.807) is 0 Å². The Morgan fingerprint density at radius 3 is 2.48 bits per heavy atom. The van der Waals surface area contributed by atoms with Crippen LogP contribution in [-0.2, 0) is 4.79 Å². The third-order valence-electron chi connectivity index (χ3n) is 2.71. The molecule has 7 N–H and O–H groups in total. The van der Waals surface area contributed by atoms with Gasteiger partial charge < -0.3 is 31.7 Å². The number of aliphatic carboxylic acids is 1. The Bertz CT molecular complexity index is 649. The van der Waals surface area contributed by atoms with E-state index in [1.165, 1.54) is 12.1 Å². The Balaban J connectivity index is 2.80. The van der Waals surface area contributed by atoms with Crippen LogP contribution in [0.4, 0.5) is 10.5 Å². The molecule has 0 fully saturated rings. The number of thiocarbonyl (C=S) groups is 1. The van der Waals surface area contributed by atoms with Crippen molar-refractivity contribution in [1.29, 1.82) is 0 Å². The van der Waals surface area contributed by atoms with Gasteiger partial charge in [-0.25, -0.2) is 14.4 Å². The van der Waals surface area contributed by atoms with E-state index in [9.17, 15) is 14.4 Å². The highest BCUT2D eigenvalue weighted by Gasteiger charge is 2.22. The van der Waals surface area contributed by atoms with Crippen LogP contribution in [0.2, 0.25) is 0 Å². The van der Waals surface area contributed by atoms with E-state index >= 15 is 0 Å². The number of nitrogens with two attached hydrogens (primary N) is 2. The van der Waals surface area contributed by atoms with E-state index < -0.39 is 24.1 Å². The summed E-state index contributed by atoms with van der Waals surface area (Å²) >= 11 is 4.64. The van der Waals surface area contributed by atoms with Gasteiger partial charge in [-0.15, -0.1) is 0 Å². The molecule has 0 radical (unpaired) electrons. The second-order valence-corrected chi connectivity index (χ2v) is 5.01. The number of ether oxygens (including phenoxy) is 1. The molecule has 1 aromatic rings. The molecular weight excluding hydrogens is 326 g/mol. The van der Waals surface area contributed by atoms with Gasteiger partial charge in [0.05, 0.1) is 4.99 Å². The summed E-state index contributed by atoms with van der Waals surface area (Å²) in [4.78, 5) is 34.0. The maximum atomic E-state index is 11.7. The van der Waals surface area contributed by atoms with Gasteiger partial charge in [0.1, 0.15) is 17.4 Å². The number of nitrogen functional groups attached to an aromatic ring is 1. The molecular formula is C13H15N3O6S. The molecule has 10 heteroatoms. The van der Waals surface area contributed by atoms with Gasteiger partial charge in [0, 0.05) is 12.1 Å². The molecule has 0 spiro atoms. The van der Waals surface area contributed by atoms with Gasteiger partial charge in [0.15, 0.2) is 0 Å². The van der Waals surface area contributed by atoms with Crippen molar-refractivity contribution in [3.63, 3.8) is 0 Å². The van der Waals surface area contributed by atoms with Crippen LogP contribution < -0.4 is 21.5 Å². The Morgan fingerprint density at radius 1 is 1.30 bits per heavy atom.